The molecule has 1 saturated heterocycles. The van der Waals surface area contributed by atoms with E-state index in [-0.39, 0.29) is 18.3 Å². The average molecular weight is 313 g/mol. The van der Waals surface area contributed by atoms with E-state index in [2.05, 4.69) is 5.32 Å². The molecule has 0 aromatic carbocycles. The minimum absolute atomic E-state index is 0. The Morgan fingerprint density at radius 3 is 2.48 bits per heavy atom. The van der Waals surface area contributed by atoms with E-state index < -0.39 is 0 Å². The number of halogens is 1. The quantitative estimate of drug-likeness (QED) is 0.930. The van der Waals surface area contributed by atoms with Gasteiger partial charge in [0.05, 0.1) is 5.56 Å². The molecule has 2 fully saturated rings. The average Bonchev–Trinajstić information content (AvgIpc) is 3.21. The monoisotopic (exact) mass is 312 g/mol. The lowest BCUT2D eigenvalue weighted by molar-refractivity contribution is 0.0703. The first-order chi connectivity index (χ1) is 9.63. The van der Waals surface area contributed by atoms with Gasteiger partial charge in [0.15, 0.2) is 0 Å². The summed E-state index contributed by atoms with van der Waals surface area (Å²) in [5.41, 5.74) is 0.729. The molecule has 0 spiro atoms. The van der Waals surface area contributed by atoms with Crippen LogP contribution < -0.4 is 5.32 Å². The van der Waals surface area contributed by atoms with Gasteiger partial charge >= 0.3 is 0 Å². The Kier molecular flexibility index (Phi) is 5.33. The first kappa shape index (κ1) is 16.4. The summed E-state index contributed by atoms with van der Waals surface area (Å²) in [7, 11) is 0. The van der Waals surface area contributed by atoms with Gasteiger partial charge in [0.1, 0.15) is 11.5 Å². The van der Waals surface area contributed by atoms with Crippen LogP contribution in [0, 0.1) is 19.8 Å². The number of amides is 1. The number of nitrogens with zero attached hydrogens (tertiary/aromatic N) is 1. The molecule has 2 heterocycles. The molecule has 1 N–H and O–H groups in total. The number of furan rings is 1. The molecule has 0 unspecified atom stereocenters. The molecule has 4 nitrogen and oxygen atoms in total. The molecule has 21 heavy (non-hydrogen) atoms. The predicted octanol–water partition coefficient (Wildman–Crippen LogP) is 2.92. The van der Waals surface area contributed by atoms with Crippen molar-refractivity contribution < 1.29 is 9.21 Å². The standard InChI is InChI=1S/C16H24N2O2.ClH/c1-11-9-15(12(2)20-11)16(19)18-7-5-14(6-8-18)17-10-13-3-4-13;/h9,13-14,17H,3-8,10H2,1-2H3;1H. The van der Waals surface area contributed by atoms with Crippen LogP contribution in [0.15, 0.2) is 10.5 Å². The van der Waals surface area contributed by atoms with Crippen LogP contribution in [0.2, 0.25) is 0 Å². The highest BCUT2D eigenvalue weighted by atomic mass is 35.5. The van der Waals surface area contributed by atoms with E-state index >= 15 is 0 Å². The maximum absolute atomic E-state index is 12.5. The molecule has 1 saturated carbocycles. The lowest BCUT2D eigenvalue weighted by atomic mass is 10.0. The van der Waals surface area contributed by atoms with Gasteiger partial charge < -0.3 is 14.6 Å². The third-order valence-electron chi connectivity index (χ3n) is 4.45. The second-order valence-corrected chi connectivity index (χ2v) is 6.25. The van der Waals surface area contributed by atoms with Crippen LogP contribution >= 0.6 is 12.4 Å². The highest BCUT2D eigenvalue weighted by molar-refractivity contribution is 5.95. The van der Waals surface area contributed by atoms with Crippen LogP contribution in [0.1, 0.15) is 47.6 Å². The second kappa shape index (κ2) is 6.84. The van der Waals surface area contributed by atoms with Crippen molar-refractivity contribution in [1.82, 2.24) is 10.2 Å². The number of aryl methyl sites for hydroxylation is 2. The van der Waals surface area contributed by atoms with Crippen molar-refractivity contribution in [2.75, 3.05) is 19.6 Å². The maximum atomic E-state index is 12.5. The van der Waals surface area contributed by atoms with E-state index in [1.54, 1.807) is 0 Å². The van der Waals surface area contributed by atoms with Gasteiger partial charge in [0, 0.05) is 19.1 Å². The Morgan fingerprint density at radius 1 is 1.29 bits per heavy atom. The number of hydrogen-bond donors (Lipinski definition) is 1. The van der Waals surface area contributed by atoms with Crippen LogP contribution in [0.25, 0.3) is 0 Å². The summed E-state index contributed by atoms with van der Waals surface area (Å²) in [6.07, 6.45) is 4.91. The zero-order valence-electron chi connectivity index (χ0n) is 12.9. The minimum atomic E-state index is 0. The van der Waals surface area contributed by atoms with Crippen molar-refractivity contribution in [2.24, 2.45) is 5.92 Å². The summed E-state index contributed by atoms with van der Waals surface area (Å²) in [5.74, 6) is 2.60. The zero-order chi connectivity index (χ0) is 14.1. The predicted molar refractivity (Wildman–Crippen MR) is 85.1 cm³/mol. The van der Waals surface area contributed by atoms with Crippen molar-refractivity contribution >= 4 is 18.3 Å². The Morgan fingerprint density at radius 2 is 1.95 bits per heavy atom. The minimum Gasteiger partial charge on any atom is -0.466 e. The molecule has 1 amide bonds. The SMILES string of the molecule is Cc1cc(C(=O)N2CCC(NCC3CC3)CC2)c(C)o1.Cl. The molecule has 1 aromatic heterocycles. The van der Waals surface area contributed by atoms with Gasteiger partial charge in [-0.2, -0.15) is 0 Å². The number of likely N-dealkylation sites (tertiary alicyclic amines) is 1. The fraction of sp³-hybridized carbons (Fsp3) is 0.688. The number of hydrogen-bond acceptors (Lipinski definition) is 3. The normalized spacial score (nSPS) is 19.4. The third-order valence-corrected chi connectivity index (χ3v) is 4.45. The van der Waals surface area contributed by atoms with Crippen molar-refractivity contribution in [1.29, 1.82) is 0 Å². The van der Waals surface area contributed by atoms with Gasteiger partial charge in [-0.15, -0.1) is 12.4 Å². The lowest BCUT2D eigenvalue weighted by Crippen LogP contribution is -2.45. The van der Waals surface area contributed by atoms with E-state index in [4.69, 9.17) is 4.42 Å². The summed E-state index contributed by atoms with van der Waals surface area (Å²) in [5, 5.41) is 3.64. The second-order valence-electron chi connectivity index (χ2n) is 6.25. The van der Waals surface area contributed by atoms with Crippen LogP contribution in [-0.2, 0) is 0 Å². The number of carbonyl (C=O) groups excluding carboxylic acids is 1. The topological polar surface area (TPSA) is 45.5 Å². The maximum Gasteiger partial charge on any atom is 0.257 e. The molecule has 0 bridgehead atoms. The van der Waals surface area contributed by atoms with Crippen molar-refractivity contribution in [3.8, 4) is 0 Å². The Balaban J connectivity index is 0.00000161. The first-order valence-electron chi connectivity index (χ1n) is 7.73. The molecule has 118 valence electrons. The molecule has 1 aliphatic carbocycles. The highest BCUT2D eigenvalue weighted by Crippen LogP contribution is 2.28. The van der Waals surface area contributed by atoms with Crippen LogP contribution in [-0.4, -0.2) is 36.5 Å². The molecule has 1 aliphatic heterocycles. The molecular formula is C16H25ClN2O2. The Bertz CT molecular complexity index is 488. The number of piperidine rings is 1. The Hall–Kier alpha value is -1.000. The largest absolute Gasteiger partial charge is 0.466 e. The van der Waals surface area contributed by atoms with E-state index in [1.165, 1.54) is 19.4 Å². The molecule has 2 aliphatic rings. The van der Waals surface area contributed by atoms with E-state index in [9.17, 15) is 4.79 Å². The summed E-state index contributed by atoms with van der Waals surface area (Å²) in [6.45, 7) is 6.62. The fourth-order valence-corrected chi connectivity index (χ4v) is 2.96. The number of rotatable bonds is 4. The molecule has 3 rings (SSSR count). The zero-order valence-corrected chi connectivity index (χ0v) is 13.7. The van der Waals surface area contributed by atoms with Gasteiger partial charge in [-0.1, -0.05) is 0 Å². The van der Waals surface area contributed by atoms with Crippen LogP contribution in [0.5, 0.6) is 0 Å². The number of nitrogens with one attached hydrogen (secondary N) is 1. The van der Waals surface area contributed by atoms with Gasteiger partial charge in [-0.3, -0.25) is 4.79 Å². The highest BCUT2D eigenvalue weighted by Gasteiger charge is 2.27. The molecule has 5 heteroatoms. The molecular weight excluding hydrogens is 288 g/mol. The Labute approximate surface area is 132 Å². The van der Waals surface area contributed by atoms with Crippen molar-refractivity contribution in [2.45, 2.75) is 45.6 Å². The van der Waals surface area contributed by atoms with E-state index in [1.807, 2.05) is 24.8 Å². The summed E-state index contributed by atoms with van der Waals surface area (Å²) >= 11 is 0. The molecule has 1 aromatic rings. The molecule has 0 atom stereocenters. The summed E-state index contributed by atoms with van der Waals surface area (Å²) < 4.78 is 5.46. The first-order valence-corrected chi connectivity index (χ1v) is 7.73. The number of carbonyl (C=O) groups is 1. The van der Waals surface area contributed by atoms with Gasteiger partial charge in [-0.05, 0) is 58.1 Å². The van der Waals surface area contributed by atoms with Crippen LogP contribution in [0.3, 0.4) is 0 Å². The van der Waals surface area contributed by atoms with Gasteiger partial charge in [0.25, 0.3) is 5.91 Å². The van der Waals surface area contributed by atoms with E-state index in [0.29, 0.717) is 6.04 Å². The van der Waals surface area contributed by atoms with E-state index in [0.717, 1.165) is 48.9 Å². The molecule has 0 radical (unpaired) electrons. The van der Waals surface area contributed by atoms with Gasteiger partial charge in [-0.25, -0.2) is 0 Å². The summed E-state index contributed by atoms with van der Waals surface area (Å²) in [4.78, 5) is 14.4. The van der Waals surface area contributed by atoms with Gasteiger partial charge in [0.2, 0.25) is 0 Å². The smallest absolute Gasteiger partial charge is 0.257 e. The summed E-state index contributed by atoms with van der Waals surface area (Å²) in [6, 6.07) is 2.45. The third kappa shape index (κ3) is 4.01. The van der Waals surface area contributed by atoms with Crippen molar-refractivity contribution in [3.63, 3.8) is 0 Å². The lowest BCUT2D eigenvalue weighted by Gasteiger charge is -2.32. The fourth-order valence-electron chi connectivity index (χ4n) is 2.96. The van der Waals surface area contributed by atoms with Crippen LogP contribution in [0.4, 0.5) is 0 Å². The van der Waals surface area contributed by atoms with Crippen molar-refractivity contribution in [3.05, 3.63) is 23.2 Å².